The first kappa shape index (κ1) is 14.5. The molecule has 0 atom stereocenters. The summed E-state index contributed by atoms with van der Waals surface area (Å²) in [6.07, 6.45) is 0.805. The number of rotatable bonds is 4. The van der Waals surface area contributed by atoms with Crippen LogP contribution in [0.25, 0.3) is 0 Å². The lowest BCUT2D eigenvalue weighted by Gasteiger charge is -2.06. The van der Waals surface area contributed by atoms with Crippen molar-refractivity contribution in [1.29, 1.82) is 0 Å². The predicted molar refractivity (Wildman–Crippen MR) is 83.4 cm³/mol. The van der Waals surface area contributed by atoms with E-state index in [1.165, 1.54) is 0 Å². The van der Waals surface area contributed by atoms with Crippen LogP contribution in [0.15, 0.2) is 35.4 Å². The molecule has 0 saturated carbocycles. The molecule has 20 heavy (non-hydrogen) atoms. The third-order valence-corrected chi connectivity index (χ3v) is 3.04. The number of hydrogen-bond donors (Lipinski definition) is 1. The second-order valence-corrected chi connectivity index (χ2v) is 4.94. The lowest BCUT2D eigenvalue weighted by molar-refractivity contribution is 1.03. The van der Waals surface area contributed by atoms with Crippen molar-refractivity contribution in [3.05, 3.63) is 52.3 Å². The molecule has 1 aromatic heterocycles. The summed E-state index contributed by atoms with van der Waals surface area (Å²) < 4.78 is 0. The Labute approximate surface area is 123 Å². The van der Waals surface area contributed by atoms with Gasteiger partial charge in [0.25, 0.3) is 0 Å². The van der Waals surface area contributed by atoms with Gasteiger partial charge in [0.1, 0.15) is 0 Å². The number of aromatic nitrogens is 2. The van der Waals surface area contributed by atoms with Crippen LogP contribution in [0.3, 0.4) is 0 Å². The van der Waals surface area contributed by atoms with Crippen molar-refractivity contribution in [1.82, 2.24) is 9.97 Å². The van der Waals surface area contributed by atoms with Gasteiger partial charge in [0.05, 0.1) is 5.71 Å². The van der Waals surface area contributed by atoms with Gasteiger partial charge in [-0.15, -0.1) is 0 Å². The van der Waals surface area contributed by atoms with Gasteiger partial charge in [-0.2, -0.15) is 5.10 Å². The number of hydrazone groups is 1. The summed E-state index contributed by atoms with van der Waals surface area (Å²) in [5.74, 6) is 0.516. The van der Waals surface area contributed by atoms with Crippen molar-refractivity contribution in [2.75, 3.05) is 5.43 Å². The molecule has 0 aliphatic rings. The zero-order valence-electron chi connectivity index (χ0n) is 11.8. The molecule has 1 heterocycles. The van der Waals surface area contributed by atoms with E-state index in [1.54, 1.807) is 0 Å². The zero-order valence-corrected chi connectivity index (χ0v) is 12.6. The first-order valence-electron chi connectivity index (χ1n) is 6.49. The highest BCUT2D eigenvalue weighted by molar-refractivity contribution is 6.30. The van der Waals surface area contributed by atoms with Crippen LogP contribution in [0.2, 0.25) is 5.02 Å². The lowest BCUT2D eigenvalue weighted by atomic mass is 10.1. The van der Waals surface area contributed by atoms with Gasteiger partial charge in [-0.3, -0.25) is 0 Å². The molecule has 0 amide bonds. The van der Waals surface area contributed by atoms with Crippen LogP contribution in [0.4, 0.5) is 5.95 Å². The molecule has 0 bridgehead atoms. The topological polar surface area (TPSA) is 50.2 Å². The van der Waals surface area contributed by atoms with Gasteiger partial charge in [-0.1, -0.05) is 30.7 Å². The summed E-state index contributed by atoms with van der Waals surface area (Å²) in [5.41, 5.74) is 6.73. The van der Waals surface area contributed by atoms with E-state index >= 15 is 0 Å². The van der Waals surface area contributed by atoms with Gasteiger partial charge < -0.3 is 0 Å². The molecule has 0 spiro atoms. The van der Waals surface area contributed by atoms with E-state index in [1.807, 2.05) is 44.2 Å². The van der Waals surface area contributed by atoms with E-state index in [-0.39, 0.29) is 0 Å². The Morgan fingerprint density at radius 1 is 1.15 bits per heavy atom. The molecule has 5 heteroatoms. The van der Waals surface area contributed by atoms with Crippen LogP contribution in [0.1, 0.15) is 30.3 Å². The summed E-state index contributed by atoms with van der Waals surface area (Å²) in [5, 5.41) is 5.11. The Morgan fingerprint density at radius 3 is 2.30 bits per heavy atom. The Morgan fingerprint density at radius 2 is 1.75 bits per heavy atom. The lowest BCUT2D eigenvalue weighted by Crippen LogP contribution is -2.05. The molecule has 0 unspecified atom stereocenters. The highest BCUT2D eigenvalue weighted by Gasteiger charge is 2.03. The fourth-order valence-corrected chi connectivity index (χ4v) is 2.01. The quantitative estimate of drug-likeness (QED) is 0.684. The van der Waals surface area contributed by atoms with Crippen LogP contribution in [0, 0.1) is 13.8 Å². The summed E-state index contributed by atoms with van der Waals surface area (Å²) in [6.45, 7) is 5.92. The van der Waals surface area contributed by atoms with Crippen LogP contribution < -0.4 is 5.43 Å². The second kappa shape index (κ2) is 6.48. The molecule has 2 rings (SSSR count). The van der Waals surface area contributed by atoms with Gasteiger partial charge in [0, 0.05) is 16.4 Å². The van der Waals surface area contributed by atoms with E-state index in [9.17, 15) is 0 Å². The Balaban J connectivity index is 2.21. The smallest absolute Gasteiger partial charge is 0.243 e. The summed E-state index contributed by atoms with van der Waals surface area (Å²) in [6, 6.07) is 9.54. The van der Waals surface area contributed by atoms with Crippen molar-refractivity contribution in [2.24, 2.45) is 5.10 Å². The first-order valence-corrected chi connectivity index (χ1v) is 6.87. The molecule has 1 aromatic carbocycles. The largest absolute Gasteiger partial charge is 0.245 e. The maximum atomic E-state index is 5.89. The third-order valence-electron chi connectivity index (χ3n) is 2.79. The first-order chi connectivity index (χ1) is 9.58. The summed E-state index contributed by atoms with van der Waals surface area (Å²) >= 11 is 5.89. The van der Waals surface area contributed by atoms with Crippen molar-refractivity contribution >= 4 is 23.3 Å². The van der Waals surface area contributed by atoms with E-state index < -0.39 is 0 Å². The second-order valence-electron chi connectivity index (χ2n) is 4.51. The molecule has 1 N–H and O–H groups in total. The minimum Gasteiger partial charge on any atom is -0.245 e. The molecule has 0 aliphatic carbocycles. The Hall–Kier alpha value is -1.94. The number of hydrogen-bond acceptors (Lipinski definition) is 4. The van der Waals surface area contributed by atoms with E-state index in [0.717, 1.165) is 34.1 Å². The Bertz CT molecular complexity index is 600. The molecule has 0 saturated heterocycles. The average Bonchev–Trinajstić information content (AvgIpc) is 2.40. The van der Waals surface area contributed by atoms with E-state index in [0.29, 0.717) is 5.95 Å². The van der Waals surface area contributed by atoms with Crippen molar-refractivity contribution in [3.8, 4) is 0 Å². The minimum absolute atomic E-state index is 0.516. The number of aryl methyl sites for hydroxylation is 2. The maximum Gasteiger partial charge on any atom is 0.243 e. The van der Waals surface area contributed by atoms with Crippen molar-refractivity contribution in [3.63, 3.8) is 0 Å². The number of nitrogens with zero attached hydrogens (tertiary/aromatic N) is 3. The van der Waals surface area contributed by atoms with Crippen molar-refractivity contribution in [2.45, 2.75) is 27.2 Å². The fraction of sp³-hybridized carbons (Fsp3) is 0.267. The number of nitrogens with one attached hydrogen (secondary N) is 1. The molecule has 104 valence electrons. The highest BCUT2D eigenvalue weighted by Crippen LogP contribution is 2.12. The van der Waals surface area contributed by atoms with Gasteiger partial charge >= 0.3 is 0 Å². The molecular formula is C15H17ClN4. The SMILES string of the molecule is CC/C(=N/Nc1nc(C)cc(C)n1)c1ccc(Cl)cc1. The summed E-state index contributed by atoms with van der Waals surface area (Å²) in [4.78, 5) is 8.60. The molecule has 0 aliphatic heterocycles. The van der Waals surface area contributed by atoms with Crippen LogP contribution in [-0.2, 0) is 0 Å². The van der Waals surface area contributed by atoms with Crippen LogP contribution in [-0.4, -0.2) is 15.7 Å². The third kappa shape index (κ3) is 3.78. The zero-order chi connectivity index (χ0) is 14.5. The minimum atomic E-state index is 0.516. The number of halogens is 1. The van der Waals surface area contributed by atoms with Gasteiger partial charge in [-0.05, 0) is 44.0 Å². The van der Waals surface area contributed by atoms with Crippen LogP contribution in [0.5, 0.6) is 0 Å². The molecule has 4 nitrogen and oxygen atoms in total. The predicted octanol–water partition coefficient (Wildman–Crippen LogP) is 3.97. The van der Waals surface area contributed by atoms with E-state index in [2.05, 4.69) is 27.4 Å². The van der Waals surface area contributed by atoms with Gasteiger partial charge in [0.15, 0.2) is 0 Å². The molecule has 0 radical (unpaired) electrons. The average molecular weight is 289 g/mol. The molecule has 2 aromatic rings. The maximum absolute atomic E-state index is 5.89. The van der Waals surface area contributed by atoms with Crippen molar-refractivity contribution < 1.29 is 0 Å². The van der Waals surface area contributed by atoms with Crippen LogP contribution >= 0.6 is 11.6 Å². The molecular weight excluding hydrogens is 272 g/mol. The number of benzene rings is 1. The monoisotopic (exact) mass is 288 g/mol. The van der Waals surface area contributed by atoms with Gasteiger partial charge in [0.2, 0.25) is 5.95 Å². The normalized spacial score (nSPS) is 11.5. The fourth-order valence-electron chi connectivity index (χ4n) is 1.88. The van der Waals surface area contributed by atoms with E-state index in [4.69, 9.17) is 11.6 Å². The van der Waals surface area contributed by atoms with Gasteiger partial charge in [-0.25, -0.2) is 15.4 Å². The highest BCUT2D eigenvalue weighted by atomic mass is 35.5. The standard InChI is InChI=1S/C15H17ClN4/c1-4-14(12-5-7-13(16)8-6-12)19-20-15-17-10(2)9-11(3)18-15/h5-9H,4H2,1-3H3,(H,17,18,20)/b19-14-. The Kier molecular flexibility index (Phi) is 4.69. The number of anilines is 1. The molecule has 0 fully saturated rings. The summed E-state index contributed by atoms with van der Waals surface area (Å²) in [7, 11) is 0.